The van der Waals surface area contributed by atoms with E-state index in [1.165, 1.54) is 12.4 Å². The van der Waals surface area contributed by atoms with Gasteiger partial charge in [-0.05, 0) is 35.9 Å². The Morgan fingerprint density at radius 1 is 0.733 bits per heavy atom. The van der Waals surface area contributed by atoms with E-state index in [0.29, 0.717) is 24.3 Å². The van der Waals surface area contributed by atoms with Crippen LogP contribution >= 0.6 is 0 Å². The van der Waals surface area contributed by atoms with Crippen molar-refractivity contribution in [3.63, 3.8) is 0 Å². The molecule has 0 aliphatic heterocycles. The van der Waals surface area contributed by atoms with Gasteiger partial charge in [-0.3, -0.25) is 4.98 Å². The SMILES string of the molecule is Fc1cc(C(F)(F)F)ccc1Cc1nccnc1Nc1ccc(C(F)(F)F)cc1F. The third kappa shape index (κ3) is 4.84. The number of anilines is 2. The first-order valence-electron chi connectivity index (χ1n) is 8.24. The largest absolute Gasteiger partial charge is 0.416 e. The molecule has 0 fully saturated rings. The average Bonchev–Trinajstić information content (AvgIpc) is 2.64. The van der Waals surface area contributed by atoms with Crippen molar-refractivity contribution >= 4 is 11.5 Å². The number of aromatic nitrogens is 2. The molecule has 0 atom stereocenters. The minimum Gasteiger partial charge on any atom is -0.336 e. The molecule has 30 heavy (non-hydrogen) atoms. The molecule has 0 spiro atoms. The van der Waals surface area contributed by atoms with Crippen LogP contribution in [0.2, 0.25) is 0 Å². The summed E-state index contributed by atoms with van der Waals surface area (Å²) in [6.45, 7) is 0. The second-order valence-electron chi connectivity index (χ2n) is 6.15. The van der Waals surface area contributed by atoms with Crippen molar-refractivity contribution in [3.05, 3.63) is 82.8 Å². The fourth-order valence-corrected chi connectivity index (χ4v) is 2.57. The first-order chi connectivity index (χ1) is 13.9. The molecule has 1 N–H and O–H groups in total. The van der Waals surface area contributed by atoms with E-state index in [1.54, 1.807) is 0 Å². The van der Waals surface area contributed by atoms with Crippen molar-refractivity contribution in [3.8, 4) is 0 Å². The molecule has 158 valence electrons. The van der Waals surface area contributed by atoms with Crippen molar-refractivity contribution in [1.29, 1.82) is 0 Å². The summed E-state index contributed by atoms with van der Waals surface area (Å²) in [7, 11) is 0. The predicted molar refractivity (Wildman–Crippen MR) is 90.9 cm³/mol. The molecule has 3 nitrogen and oxygen atoms in total. The molecule has 0 bridgehead atoms. The fraction of sp³-hybridized carbons (Fsp3) is 0.158. The van der Waals surface area contributed by atoms with Gasteiger partial charge in [-0.15, -0.1) is 0 Å². The van der Waals surface area contributed by atoms with Gasteiger partial charge in [0.15, 0.2) is 5.82 Å². The Kier molecular flexibility index (Phi) is 5.64. The van der Waals surface area contributed by atoms with E-state index in [9.17, 15) is 35.1 Å². The van der Waals surface area contributed by atoms with Crippen molar-refractivity contribution in [1.82, 2.24) is 9.97 Å². The van der Waals surface area contributed by atoms with Gasteiger partial charge in [0.05, 0.1) is 22.5 Å². The summed E-state index contributed by atoms with van der Waals surface area (Å²) in [5.41, 5.74) is -2.75. The molecule has 0 radical (unpaired) electrons. The van der Waals surface area contributed by atoms with E-state index in [4.69, 9.17) is 0 Å². The van der Waals surface area contributed by atoms with Gasteiger partial charge in [0.1, 0.15) is 11.6 Å². The number of nitrogens with one attached hydrogen (secondary N) is 1. The molecular weight excluding hydrogens is 422 g/mol. The molecule has 11 heteroatoms. The monoisotopic (exact) mass is 433 g/mol. The summed E-state index contributed by atoms with van der Waals surface area (Å²) >= 11 is 0. The normalized spacial score (nSPS) is 12.1. The quantitative estimate of drug-likeness (QED) is 0.504. The Bertz CT molecular complexity index is 976. The molecule has 1 heterocycles. The minimum atomic E-state index is -4.73. The minimum absolute atomic E-state index is 0.0513. The molecule has 3 aromatic rings. The van der Waals surface area contributed by atoms with Crippen LogP contribution in [-0.2, 0) is 18.8 Å². The third-order valence-corrected chi connectivity index (χ3v) is 4.06. The van der Waals surface area contributed by atoms with E-state index < -0.39 is 35.1 Å². The lowest BCUT2D eigenvalue weighted by Gasteiger charge is -2.13. The lowest BCUT2D eigenvalue weighted by Crippen LogP contribution is -2.08. The fourth-order valence-electron chi connectivity index (χ4n) is 2.57. The maximum atomic E-state index is 14.1. The van der Waals surface area contributed by atoms with Gasteiger partial charge in [-0.2, -0.15) is 26.3 Å². The van der Waals surface area contributed by atoms with Crippen LogP contribution in [0, 0.1) is 11.6 Å². The number of rotatable bonds is 4. The summed E-state index contributed by atoms with van der Waals surface area (Å²) in [5.74, 6) is -2.42. The van der Waals surface area contributed by atoms with E-state index in [2.05, 4.69) is 15.3 Å². The van der Waals surface area contributed by atoms with Crippen molar-refractivity contribution < 1.29 is 35.1 Å². The van der Waals surface area contributed by atoms with Crippen LogP contribution in [0.1, 0.15) is 22.4 Å². The Labute approximate surface area is 164 Å². The van der Waals surface area contributed by atoms with Crippen LogP contribution in [-0.4, -0.2) is 9.97 Å². The van der Waals surface area contributed by atoms with Gasteiger partial charge in [0.25, 0.3) is 0 Å². The molecule has 3 rings (SSSR count). The zero-order chi connectivity index (χ0) is 22.1. The highest BCUT2D eigenvalue weighted by atomic mass is 19.4. The van der Waals surface area contributed by atoms with Gasteiger partial charge in [-0.25, -0.2) is 13.8 Å². The molecule has 0 amide bonds. The van der Waals surface area contributed by atoms with Gasteiger partial charge in [-0.1, -0.05) is 6.07 Å². The van der Waals surface area contributed by atoms with E-state index in [-0.39, 0.29) is 29.2 Å². The van der Waals surface area contributed by atoms with Gasteiger partial charge < -0.3 is 5.32 Å². The molecule has 1 aromatic heterocycles. The Hall–Kier alpha value is -3.24. The number of hydrogen-bond donors (Lipinski definition) is 1. The number of halogens is 8. The van der Waals surface area contributed by atoms with Gasteiger partial charge in [0, 0.05) is 18.8 Å². The molecule has 0 unspecified atom stereocenters. The van der Waals surface area contributed by atoms with Crippen LogP contribution in [0.25, 0.3) is 0 Å². The molecule has 0 aliphatic carbocycles. The van der Waals surface area contributed by atoms with Crippen molar-refractivity contribution in [2.75, 3.05) is 5.32 Å². The van der Waals surface area contributed by atoms with Gasteiger partial charge in [0.2, 0.25) is 0 Å². The molecule has 0 saturated heterocycles. The van der Waals surface area contributed by atoms with E-state index in [1.807, 2.05) is 0 Å². The van der Waals surface area contributed by atoms with Crippen LogP contribution in [0.3, 0.4) is 0 Å². The van der Waals surface area contributed by atoms with Crippen LogP contribution < -0.4 is 5.32 Å². The third-order valence-electron chi connectivity index (χ3n) is 4.06. The number of hydrogen-bond acceptors (Lipinski definition) is 3. The second-order valence-corrected chi connectivity index (χ2v) is 6.15. The lowest BCUT2D eigenvalue weighted by molar-refractivity contribution is -0.138. The predicted octanol–water partition coefficient (Wildman–Crippen LogP) is 6.13. The summed E-state index contributed by atoms with van der Waals surface area (Å²) in [4.78, 5) is 7.86. The van der Waals surface area contributed by atoms with Crippen LogP contribution in [0.4, 0.5) is 46.6 Å². The number of benzene rings is 2. The van der Waals surface area contributed by atoms with Crippen LogP contribution in [0.15, 0.2) is 48.8 Å². The Morgan fingerprint density at radius 3 is 1.87 bits per heavy atom. The molecule has 2 aromatic carbocycles. The summed E-state index contributed by atoms with van der Waals surface area (Å²) < 4.78 is 104. The zero-order valence-corrected chi connectivity index (χ0v) is 14.7. The molecule has 0 saturated carbocycles. The summed E-state index contributed by atoms with van der Waals surface area (Å²) in [6.07, 6.45) is -7.29. The maximum absolute atomic E-state index is 14.1. The Morgan fingerprint density at radius 2 is 1.30 bits per heavy atom. The summed E-state index contributed by atoms with van der Waals surface area (Å²) in [6, 6.07) is 3.81. The highest BCUT2D eigenvalue weighted by Crippen LogP contribution is 2.33. The highest BCUT2D eigenvalue weighted by molar-refractivity contribution is 5.59. The first kappa shape index (κ1) is 21.5. The highest BCUT2D eigenvalue weighted by Gasteiger charge is 2.32. The molecular formula is C19H11F8N3. The summed E-state index contributed by atoms with van der Waals surface area (Å²) in [5, 5.41) is 2.48. The standard InChI is InChI=1S/C19H11F8N3/c20-13-8-11(18(22,23)24)2-1-10(13)7-16-17(29-6-5-28-16)30-15-4-3-12(9-14(15)21)19(25,26)27/h1-6,8-9H,7H2,(H,29,30). The van der Waals surface area contributed by atoms with Crippen molar-refractivity contribution in [2.45, 2.75) is 18.8 Å². The zero-order valence-electron chi connectivity index (χ0n) is 14.7. The maximum Gasteiger partial charge on any atom is 0.416 e. The molecule has 0 aliphatic rings. The number of nitrogens with zero attached hydrogens (tertiary/aromatic N) is 2. The van der Waals surface area contributed by atoms with Crippen LogP contribution in [0.5, 0.6) is 0 Å². The second kappa shape index (κ2) is 7.88. The average molecular weight is 433 g/mol. The van der Waals surface area contributed by atoms with E-state index >= 15 is 0 Å². The lowest BCUT2D eigenvalue weighted by atomic mass is 10.1. The van der Waals surface area contributed by atoms with E-state index in [0.717, 1.165) is 12.1 Å². The first-order valence-corrected chi connectivity index (χ1v) is 8.24. The van der Waals surface area contributed by atoms with Crippen molar-refractivity contribution in [2.24, 2.45) is 0 Å². The topological polar surface area (TPSA) is 37.8 Å². The Balaban J connectivity index is 1.87. The van der Waals surface area contributed by atoms with Gasteiger partial charge >= 0.3 is 12.4 Å². The number of alkyl halides is 6. The smallest absolute Gasteiger partial charge is 0.336 e.